The Balaban J connectivity index is 1.61. The third-order valence-corrected chi connectivity index (χ3v) is 4.20. The van der Waals surface area contributed by atoms with Gasteiger partial charge in [0.15, 0.2) is 6.61 Å². The smallest absolute Gasteiger partial charge is 0.309 e. The molecule has 1 atom stereocenters. The zero-order valence-electron chi connectivity index (χ0n) is 11.9. The maximum absolute atomic E-state index is 11.9. The molecule has 0 radical (unpaired) electrons. The molecule has 0 unspecified atom stereocenters. The van der Waals surface area contributed by atoms with Gasteiger partial charge in [0.05, 0.1) is 11.5 Å². The minimum absolute atomic E-state index is 0.0104. The zero-order valence-corrected chi connectivity index (χ0v) is 13.5. The molecular formula is C16H15BrN2O3. The van der Waals surface area contributed by atoms with Gasteiger partial charge in [0, 0.05) is 4.47 Å². The number of carbonyl (C=O) groups excluding carboxylic acids is 1. The number of carbonyl (C=O) groups is 1. The molecule has 0 bridgehead atoms. The highest BCUT2D eigenvalue weighted by Crippen LogP contribution is 2.27. The monoisotopic (exact) mass is 362 g/mol. The van der Waals surface area contributed by atoms with Crippen LogP contribution in [0.2, 0.25) is 0 Å². The summed E-state index contributed by atoms with van der Waals surface area (Å²) in [7, 11) is 0. The van der Waals surface area contributed by atoms with Crippen molar-refractivity contribution >= 4 is 21.9 Å². The normalized spacial score (nSPS) is 17.4. The topological polar surface area (TPSA) is 65.2 Å². The Labute approximate surface area is 136 Å². The zero-order chi connectivity index (χ0) is 15.4. The predicted molar refractivity (Wildman–Crippen MR) is 83.7 cm³/mol. The fourth-order valence-corrected chi connectivity index (χ4v) is 2.77. The Kier molecular flexibility index (Phi) is 4.68. The lowest BCUT2D eigenvalue weighted by Crippen LogP contribution is -2.18. The Morgan fingerprint density at radius 1 is 1.32 bits per heavy atom. The van der Waals surface area contributed by atoms with Crippen LogP contribution < -0.4 is 0 Å². The Hall–Kier alpha value is -1.95. The van der Waals surface area contributed by atoms with Crippen molar-refractivity contribution in [1.29, 1.82) is 0 Å². The van der Waals surface area contributed by atoms with Gasteiger partial charge in [-0.15, -0.1) is 10.2 Å². The summed E-state index contributed by atoms with van der Waals surface area (Å²) in [6.07, 6.45) is 6.61. The van der Waals surface area contributed by atoms with Crippen LogP contribution in [0.3, 0.4) is 0 Å². The van der Waals surface area contributed by atoms with E-state index in [9.17, 15) is 4.79 Å². The van der Waals surface area contributed by atoms with Crippen molar-refractivity contribution in [2.24, 2.45) is 5.92 Å². The highest BCUT2D eigenvalue weighted by atomic mass is 79.9. The molecule has 0 N–H and O–H groups in total. The predicted octanol–water partition coefficient (Wildman–Crippen LogP) is 3.90. The fraction of sp³-hybridized carbons (Fsp3) is 0.312. The number of hydrogen-bond acceptors (Lipinski definition) is 5. The van der Waals surface area contributed by atoms with E-state index in [0.717, 1.165) is 29.3 Å². The summed E-state index contributed by atoms with van der Waals surface area (Å²) in [5, 5.41) is 7.91. The molecule has 0 saturated carbocycles. The number of allylic oxidation sites excluding steroid dienone is 2. The molecule has 2 aromatic rings. The molecule has 0 fully saturated rings. The third-order valence-electron chi connectivity index (χ3n) is 3.51. The van der Waals surface area contributed by atoms with E-state index in [4.69, 9.17) is 9.15 Å². The molecule has 1 aliphatic carbocycles. The van der Waals surface area contributed by atoms with E-state index < -0.39 is 0 Å². The standard InChI is InChI=1S/C16H15BrN2O3/c17-13-9-5-4-8-12(13)15-19-18-14(22-15)10-21-16(20)11-6-2-1-3-7-11/h1-2,4-5,8-9,11H,3,6-7,10H2/t11-/m0/s1. The molecule has 0 aliphatic heterocycles. The van der Waals surface area contributed by atoms with Crippen LogP contribution in [0.5, 0.6) is 0 Å². The average Bonchev–Trinajstić information content (AvgIpc) is 3.02. The lowest BCUT2D eigenvalue weighted by Gasteiger charge is -2.15. The summed E-state index contributed by atoms with van der Waals surface area (Å²) in [4.78, 5) is 11.9. The van der Waals surface area contributed by atoms with Crippen molar-refractivity contribution in [1.82, 2.24) is 10.2 Å². The Bertz CT molecular complexity index is 696. The van der Waals surface area contributed by atoms with Gasteiger partial charge in [-0.1, -0.05) is 24.3 Å². The summed E-state index contributed by atoms with van der Waals surface area (Å²) >= 11 is 3.44. The van der Waals surface area contributed by atoms with Gasteiger partial charge in [0.25, 0.3) is 5.89 Å². The van der Waals surface area contributed by atoms with Gasteiger partial charge < -0.3 is 9.15 Å². The van der Waals surface area contributed by atoms with E-state index in [1.165, 1.54) is 0 Å². The molecule has 1 aliphatic rings. The van der Waals surface area contributed by atoms with Crippen LogP contribution in [0.1, 0.15) is 25.2 Å². The molecule has 1 heterocycles. The van der Waals surface area contributed by atoms with E-state index in [1.54, 1.807) is 0 Å². The fourth-order valence-electron chi connectivity index (χ4n) is 2.31. The van der Waals surface area contributed by atoms with Crippen LogP contribution in [-0.4, -0.2) is 16.2 Å². The third kappa shape index (κ3) is 3.44. The highest BCUT2D eigenvalue weighted by molar-refractivity contribution is 9.10. The maximum atomic E-state index is 11.9. The highest BCUT2D eigenvalue weighted by Gasteiger charge is 2.21. The van der Waals surface area contributed by atoms with Gasteiger partial charge in [0.1, 0.15) is 0 Å². The van der Waals surface area contributed by atoms with Crippen LogP contribution in [0.25, 0.3) is 11.5 Å². The molecular weight excluding hydrogens is 348 g/mol. The number of halogens is 1. The van der Waals surface area contributed by atoms with Gasteiger partial charge in [-0.25, -0.2) is 0 Å². The van der Waals surface area contributed by atoms with Crippen LogP contribution in [0.4, 0.5) is 0 Å². The minimum Gasteiger partial charge on any atom is -0.455 e. The van der Waals surface area contributed by atoms with E-state index in [1.807, 2.05) is 30.3 Å². The Morgan fingerprint density at radius 3 is 2.95 bits per heavy atom. The summed E-state index contributed by atoms with van der Waals surface area (Å²) < 4.78 is 11.7. The van der Waals surface area contributed by atoms with Crippen molar-refractivity contribution in [3.8, 4) is 11.5 Å². The molecule has 6 heteroatoms. The number of benzene rings is 1. The lowest BCUT2D eigenvalue weighted by atomic mass is 9.95. The summed E-state index contributed by atoms with van der Waals surface area (Å²) in [5.41, 5.74) is 0.810. The summed E-state index contributed by atoms with van der Waals surface area (Å²) in [5.74, 6) is 0.435. The second kappa shape index (κ2) is 6.87. The van der Waals surface area contributed by atoms with Gasteiger partial charge in [0.2, 0.25) is 5.89 Å². The molecule has 1 aromatic carbocycles. The molecule has 114 valence electrons. The van der Waals surface area contributed by atoms with E-state index in [-0.39, 0.29) is 18.5 Å². The first-order chi connectivity index (χ1) is 10.7. The lowest BCUT2D eigenvalue weighted by molar-refractivity contribution is -0.150. The summed E-state index contributed by atoms with van der Waals surface area (Å²) in [6, 6.07) is 7.57. The van der Waals surface area contributed by atoms with E-state index >= 15 is 0 Å². The first kappa shape index (κ1) is 15.0. The minimum atomic E-state index is -0.204. The molecule has 1 aromatic heterocycles. The first-order valence-corrected chi connectivity index (χ1v) is 7.92. The number of ether oxygens (including phenoxy) is 1. The van der Waals surface area contributed by atoms with Gasteiger partial charge in [-0.3, -0.25) is 4.79 Å². The second-order valence-electron chi connectivity index (χ2n) is 5.07. The van der Waals surface area contributed by atoms with Crippen LogP contribution in [0, 0.1) is 5.92 Å². The largest absolute Gasteiger partial charge is 0.455 e. The maximum Gasteiger partial charge on any atom is 0.309 e. The van der Waals surface area contributed by atoms with Crippen LogP contribution in [0.15, 0.2) is 45.3 Å². The first-order valence-electron chi connectivity index (χ1n) is 7.13. The number of hydrogen-bond donors (Lipinski definition) is 0. The van der Waals surface area contributed by atoms with Crippen LogP contribution in [-0.2, 0) is 16.1 Å². The van der Waals surface area contributed by atoms with Gasteiger partial charge in [-0.05, 0) is 47.3 Å². The van der Waals surface area contributed by atoms with Crippen molar-refractivity contribution < 1.29 is 13.9 Å². The summed E-state index contributed by atoms with van der Waals surface area (Å²) in [6.45, 7) is 0.0104. The quantitative estimate of drug-likeness (QED) is 0.609. The molecule has 3 rings (SSSR count). The molecule has 22 heavy (non-hydrogen) atoms. The van der Waals surface area contributed by atoms with E-state index in [2.05, 4.69) is 32.2 Å². The van der Waals surface area contributed by atoms with Crippen LogP contribution >= 0.6 is 15.9 Å². The number of rotatable bonds is 4. The van der Waals surface area contributed by atoms with E-state index in [0.29, 0.717) is 11.8 Å². The molecule has 0 saturated heterocycles. The Morgan fingerprint density at radius 2 is 2.18 bits per heavy atom. The molecule has 0 spiro atoms. The number of esters is 1. The van der Waals surface area contributed by atoms with Crippen molar-refractivity contribution in [2.75, 3.05) is 0 Å². The molecule has 0 amide bonds. The van der Waals surface area contributed by atoms with Gasteiger partial charge >= 0.3 is 5.97 Å². The van der Waals surface area contributed by atoms with Crippen molar-refractivity contribution in [3.05, 3.63) is 46.8 Å². The number of nitrogens with zero attached hydrogens (tertiary/aromatic N) is 2. The second-order valence-corrected chi connectivity index (χ2v) is 5.92. The molecule has 5 nitrogen and oxygen atoms in total. The van der Waals surface area contributed by atoms with Gasteiger partial charge in [-0.2, -0.15) is 0 Å². The van der Waals surface area contributed by atoms with Crippen molar-refractivity contribution in [3.63, 3.8) is 0 Å². The SMILES string of the molecule is O=C(OCc1nnc(-c2ccccc2Br)o1)[C@H]1CC=CCC1. The average molecular weight is 363 g/mol. The number of aromatic nitrogens is 2. The van der Waals surface area contributed by atoms with Crippen molar-refractivity contribution in [2.45, 2.75) is 25.9 Å².